The van der Waals surface area contributed by atoms with Gasteiger partial charge in [0.15, 0.2) is 0 Å². The fourth-order valence-electron chi connectivity index (χ4n) is 1.51. The highest BCUT2D eigenvalue weighted by Gasteiger charge is 2.33. The Morgan fingerprint density at radius 3 is 2.53 bits per heavy atom. The topological polar surface area (TPSA) is 49.3 Å². The number of hydrogen-bond donors (Lipinski definition) is 2. The Kier molecular flexibility index (Phi) is 4.29. The summed E-state index contributed by atoms with van der Waals surface area (Å²) in [6, 6.07) is 8.03. The third-order valence-electron chi connectivity index (χ3n) is 3.49. The van der Waals surface area contributed by atoms with Gasteiger partial charge in [0.05, 0.1) is 5.41 Å². The molecule has 0 aliphatic heterocycles. The maximum atomic E-state index is 11.1. The minimum absolute atomic E-state index is 0.0837. The molecule has 3 nitrogen and oxygen atoms in total. The number of carboxylic acid groups (broad SMARTS) is 1. The van der Waals surface area contributed by atoms with Crippen molar-refractivity contribution in [1.82, 2.24) is 5.32 Å². The molecule has 0 amide bonds. The normalized spacial score (nSPS) is 13.4. The van der Waals surface area contributed by atoms with Crippen LogP contribution in [0.15, 0.2) is 24.3 Å². The van der Waals surface area contributed by atoms with Crippen LogP contribution in [0.5, 0.6) is 0 Å². The molecule has 0 saturated carbocycles. The van der Waals surface area contributed by atoms with Crippen molar-refractivity contribution in [1.29, 1.82) is 0 Å². The maximum absolute atomic E-state index is 11.1. The third kappa shape index (κ3) is 3.30. The molecule has 0 fully saturated rings. The van der Waals surface area contributed by atoms with Gasteiger partial charge in [-0.15, -0.1) is 0 Å². The Morgan fingerprint density at radius 2 is 2.00 bits per heavy atom. The van der Waals surface area contributed by atoms with Crippen molar-refractivity contribution in [2.45, 2.75) is 40.3 Å². The monoisotopic (exact) mass is 235 g/mol. The lowest BCUT2D eigenvalue weighted by molar-refractivity contribution is -0.148. The van der Waals surface area contributed by atoms with Crippen LogP contribution in [0, 0.1) is 12.3 Å². The van der Waals surface area contributed by atoms with Crippen LogP contribution in [0.3, 0.4) is 0 Å². The van der Waals surface area contributed by atoms with Crippen LogP contribution in [-0.2, 0) is 11.3 Å². The molecule has 0 aliphatic carbocycles. The Bertz CT molecular complexity index is 399. The number of hydrogen-bond acceptors (Lipinski definition) is 2. The molecular weight excluding hydrogens is 214 g/mol. The quantitative estimate of drug-likeness (QED) is 0.824. The predicted octanol–water partition coefficient (Wildman–Crippen LogP) is 2.58. The molecule has 1 unspecified atom stereocenters. The number of aryl methyl sites for hydroxylation is 1. The van der Waals surface area contributed by atoms with Gasteiger partial charge in [0, 0.05) is 12.6 Å². The smallest absolute Gasteiger partial charge is 0.310 e. The Hall–Kier alpha value is -1.35. The minimum Gasteiger partial charge on any atom is -0.481 e. The first-order chi connectivity index (χ1) is 7.85. The lowest BCUT2D eigenvalue weighted by Crippen LogP contribution is -2.44. The van der Waals surface area contributed by atoms with Gasteiger partial charge in [0.2, 0.25) is 0 Å². The van der Waals surface area contributed by atoms with Gasteiger partial charge in [-0.25, -0.2) is 0 Å². The maximum Gasteiger partial charge on any atom is 0.310 e. The average molecular weight is 235 g/mol. The van der Waals surface area contributed by atoms with Crippen molar-refractivity contribution in [2.24, 2.45) is 5.41 Å². The third-order valence-corrected chi connectivity index (χ3v) is 3.49. The van der Waals surface area contributed by atoms with E-state index in [4.69, 9.17) is 5.11 Å². The molecule has 0 radical (unpaired) electrons. The van der Waals surface area contributed by atoms with E-state index in [-0.39, 0.29) is 6.04 Å². The van der Waals surface area contributed by atoms with Crippen LogP contribution in [0.2, 0.25) is 0 Å². The summed E-state index contributed by atoms with van der Waals surface area (Å²) >= 11 is 0. The lowest BCUT2D eigenvalue weighted by atomic mass is 9.85. The fraction of sp³-hybridized carbons (Fsp3) is 0.500. The Labute approximate surface area is 103 Å². The van der Waals surface area contributed by atoms with Gasteiger partial charge in [-0.05, 0) is 38.8 Å². The van der Waals surface area contributed by atoms with Crippen LogP contribution >= 0.6 is 0 Å². The molecule has 0 heterocycles. The zero-order chi connectivity index (χ0) is 13.1. The van der Waals surface area contributed by atoms with Gasteiger partial charge in [0.1, 0.15) is 0 Å². The van der Waals surface area contributed by atoms with Gasteiger partial charge in [-0.3, -0.25) is 4.79 Å². The number of carbonyl (C=O) groups is 1. The fourth-order valence-corrected chi connectivity index (χ4v) is 1.51. The zero-order valence-electron chi connectivity index (χ0n) is 10.9. The van der Waals surface area contributed by atoms with E-state index in [1.807, 2.05) is 19.1 Å². The molecule has 0 spiro atoms. The first-order valence-corrected chi connectivity index (χ1v) is 5.87. The highest BCUT2D eigenvalue weighted by atomic mass is 16.4. The summed E-state index contributed by atoms with van der Waals surface area (Å²) in [6.07, 6.45) is 0. The molecule has 0 saturated heterocycles. The Balaban J connectivity index is 2.63. The molecule has 2 N–H and O–H groups in total. The van der Waals surface area contributed by atoms with Crippen molar-refractivity contribution in [3.8, 4) is 0 Å². The molecule has 0 bridgehead atoms. The van der Waals surface area contributed by atoms with Crippen LogP contribution in [0.4, 0.5) is 0 Å². The first-order valence-electron chi connectivity index (χ1n) is 5.87. The van der Waals surface area contributed by atoms with E-state index >= 15 is 0 Å². The molecular formula is C14H21NO2. The first kappa shape index (κ1) is 13.7. The number of carboxylic acids is 1. The van der Waals surface area contributed by atoms with E-state index in [1.165, 1.54) is 11.1 Å². The molecule has 3 heteroatoms. The summed E-state index contributed by atoms with van der Waals surface area (Å²) in [6.45, 7) is 8.15. The van der Waals surface area contributed by atoms with Crippen LogP contribution in [0.25, 0.3) is 0 Å². The molecule has 1 aromatic rings. The number of nitrogens with one attached hydrogen (secondary N) is 1. The highest BCUT2D eigenvalue weighted by Crippen LogP contribution is 2.21. The van der Waals surface area contributed by atoms with Crippen molar-refractivity contribution in [2.75, 3.05) is 0 Å². The largest absolute Gasteiger partial charge is 0.481 e. The van der Waals surface area contributed by atoms with E-state index in [0.717, 1.165) is 0 Å². The number of aliphatic carboxylic acids is 1. The highest BCUT2D eigenvalue weighted by molar-refractivity contribution is 5.74. The molecule has 94 valence electrons. The van der Waals surface area contributed by atoms with Crippen LogP contribution in [0.1, 0.15) is 31.9 Å². The molecule has 1 aromatic carbocycles. The van der Waals surface area contributed by atoms with Gasteiger partial charge in [-0.1, -0.05) is 24.3 Å². The van der Waals surface area contributed by atoms with E-state index in [9.17, 15) is 4.79 Å². The predicted molar refractivity (Wildman–Crippen MR) is 68.9 cm³/mol. The molecule has 1 rings (SSSR count). The summed E-state index contributed by atoms with van der Waals surface area (Å²) in [5.74, 6) is -0.776. The Morgan fingerprint density at radius 1 is 1.41 bits per heavy atom. The van der Waals surface area contributed by atoms with Crippen LogP contribution in [-0.4, -0.2) is 17.1 Å². The van der Waals surface area contributed by atoms with Crippen molar-refractivity contribution < 1.29 is 9.90 Å². The molecule has 0 aromatic heterocycles. The summed E-state index contributed by atoms with van der Waals surface area (Å²) in [7, 11) is 0. The SMILES string of the molecule is Cc1ccccc1CNC(C)C(C)(C)C(=O)O. The second kappa shape index (κ2) is 5.32. The second-order valence-electron chi connectivity index (χ2n) is 5.06. The number of rotatable bonds is 5. The van der Waals surface area contributed by atoms with Gasteiger partial charge in [-0.2, -0.15) is 0 Å². The molecule has 1 atom stereocenters. The van der Waals surface area contributed by atoms with Crippen LogP contribution < -0.4 is 5.32 Å². The van der Waals surface area contributed by atoms with Crippen molar-refractivity contribution in [3.63, 3.8) is 0 Å². The van der Waals surface area contributed by atoms with Crippen molar-refractivity contribution >= 4 is 5.97 Å². The van der Waals surface area contributed by atoms with E-state index in [1.54, 1.807) is 13.8 Å². The molecule has 17 heavy (non-hydrogen) atoms. The average Bonchev–Trinajstić information content (AvgIpc) is 2.27. The van der Waals surface area contributed by atoms with Gasteiger partial charge in [0.25, 0.3) is 0 Å². The summed E-state index contributed by atoms with van der Waals surface area (Å²) < 4.78 is 0. The summed E-state index contributed by atoms with van der Waals surface area (Å²) in [5, 5.41) is 12.4. The minimum atomic E-state index is -0.776. The summed E-state index contributed by atoms with van der Waals surface area (Å²) in [5.41, 5.74) is 1.67. The summed E-state index contributed by atoms with van der Waals surface area (Å²) in [4.78, 5) is 11.1. The number of benzene rings is 1. The second-order valence-corrected chi connectivity index (χ2v) is 5.06. The standard InChI is InChI=1S/C14H21NO2/c1-10-7-5-6-8-12(10)9-15-11(2)14(3,4)13(16)17/h5-8,11,15H,9H2,1-4H3,(H,16,17). The van der Waals surface area contributed by atoms with E-state index < -0.39 is 11.4 Å². The zero-order valence-corrected chi connectivity index (χ0v) is 10.9. The van der Waals surface area contributed by atoms with E-state index in [2.05, 4.69) is 24.4 Å². The van der Waals surface area contributed by atoms with Crippen molar-refractivity contribution in [3.05, 3.63) is 35.4 Å². The van der Waals surface area contributed by atoms with Gasteiger partial charge >= 0.3 is 5.97 Å². The molecule has 0 aliphatic rings. The van der Waals surface area contributed by atoms with Gasteiger partial charge < -0.3 is 10.4 Å². The lowest BCUT2D eigenvalue weighted by Gasteiger charge is -2.28. The van der Waals surface area contributed by atoms with E-state index in [0.29, 0.717) is 6.54 Å².